The smallest absolute Gasteiger partial charge is 0.238 e. The predicted octanol–water partition coefficient (Wildman–Crippen LogP) is 2.74. The number of amides is 1. The molecule has 5 heteroatoms. The summed E-state index contributed by atoms with van der Waals surface area (Å²) in [5, 5.41) is 5.67. The Bertz CT molecular complexity index is 582. The number of benzene rings is 2. The highest BCUT2D eigenvalue weighted by Gasteiger charge is 2.03. The van der Waals surface area contributed by atoms with Crippen LogP contribution in [0.25, 0.3) is 0 Å². The van der Waals surface area contributed by atoms with Gasteiger partial charge in [-0.1, -0.05) is 18.2 Å². The van der Waals surface area contributed by atoms with Gasteiger partial charge < -0.3 is 10.6 Å². The van der Waals surface area contributed by atoms with Gasteiger partial charge >= 0.3 is 0 Å². The van der Waals surface area contributed by atoms with E-state index in [1.54, 1.807) is 12.1 Å². The average molecular weight is 290 g/mol. The van der Waals surface area contributed by atoms with Crippen molar-refractivity contribution in [3.8, 4) is 0 Å². The molecule has 0 aliphatic heterocycles. The van der Waals surface area contributed by atoms with Gasteiger partial charge in [-0.05, 0) is 42.8 Å². The molecule has 0 aliphatic carbocycles. The molecule has 0 atom stereocenters. The van der Waals surface area contributed by atoms with Crippen LogP contribution in [0.1, 0.15) is 5.56 Å². The maximum Gasteiger partial charge on any atom is 0.238 e. The molecule has 0 aromatic heterocycles. The van der Waals surface area contributed by atoms with Crippen LogP contribution in [0.2, 0.25) is 0 Å². The molecule has 110 valence electrons. The minimum Gasteiger partial charge on any atom is -0.325 e. The molecule has 0 bridgehead atoms. The van der Waals surface area contributed by atoms with E-state index in [1.165, 1.54) is 12.1 Å². The number of carbonyl (C=O) groups excluding carboxylic acids is 1. The topological polar surface area (TPSA) is 41.1 Å². The number of para-hydroxylation sites is 1. The zero-order valence-electron chi connectivity index (χ0n) is 11.4. The Balaban J connectivity index is 1.71. The molecular formula is C16H16F2N2O. The van der Waals surface area contributed by atoms with Crippen LogP contribution in [0, 0.1) is 11.6 Å². The lowest BCUT2D eigenvalue weighted by molar-refractivity contribution is -0.115. The fraction of sp³-hybridized carbons (Fsp3) is 0.188. The highest BCUT2D eigenvalue weighted by molar-refractivity contribution is 5.92. The van der Waals surface area contributed by atoms with Crippen LogP contribution >= 0.6 is 0 Å². The first-order valence-electron chi connectivity index (χ1n) is 6.64. The summed E-state index contributed by atoms with van der Waals surface area (Å²) in [5.74, 6) is -1.34. The molecular weight excluding hydrogens is 274 g/mol. The van der Waals surface area contributed by atoms with Crippen LogP contribution < -0.4 is 10.6 Å². The maximum atomic E-state index is 13.0. The first kappa shape index (κ1) is 15.1. The van der Waals surface area contributed by atoms with Gasteiger partial charge in [0.05, 0.1) is 6.54 Å². The van der Waals surface area contributed by atoms with E-state index >= 15 is 0 Å². The van der Waals surface area contributed by atoms with Crippen molar-refractivity contribution in [1.82, 2.24) is 5.32 Å². The number of halogens is 2. The fourth-order valence-corrected chi connectivity index (χ4v) is 1.92. The van der Waals surface area contributed by atoms with Crippen molar-refractivity contribution in [2.24, 2.45) is 0 Å². The molecule has 1 amide bonds. The molecule has 2 aromatic rings. The van der Waals surface area contributed by atoms with Crippen molar-refractivity contribution in [2.75, 3.05) is 18.4 Å². The first-order valence-corrected chi connectivity index (χ1v) is 6.64. The second-order valence-electron chi connectivity index (χ2n) is 4.62. The van der Waals surface area contributed by atoms with Crippen LogP contribution in [-0.4, -0.2) is 19.0 Å². The molecule has 0 fully saturated rings. The van der Waals surface area contributed by atoms with Gasteiger partial charge in [0.2, 0.25) is 5.91 Å². The second-order valence-corrected chi connectivity index (χ2v) is 4.62. The van der Waals surface area contributed by atoms with Gasteiger partial charge in [-0.25, -0.2) is 8.78 Å². The second kappa shape index (κ2) is 7.50. The van der Waals surface area contributed by atoms with Gasteiger partial charge in [0.15, 0.2) is 0 Å². The number of hydrogen-bond acceptors (Lipinski definition) is 2. The summed E-state index contributed by atoms with van der Waals surface area (Å²) >= 11 is 0. The predicted molar refractivity (Wildman–Crippen MR) is 78.0 cm³/mol. The molecule has 2 rings (SSSR count). The normalized spacial score (nSPS) is 10.4. The molecule has 2 N–H and O–H groups in total. The lowest BCUT2D eigenvalue weighted by atomic mass is 10.1. The number of nitrogens with one attached hydrogen (secondary N) is 2. The molecule has 3 nitrogen and oxygen atoms in total. The van der Waals surface area contributed by atoms with Gasteiger partial charge in [0, 0.05) is 11.8 Å². The minimum absolute atomic E-state index is 0.146. The first-order chi connectivity index (χ1) is 10.1. The van der Waals surface area contributed by atoms with Gasteiger partial charge in [0.1, 0.15) is 11.6 Å². The molecule has 0 aliphatic rings. The Labute approximate surface area is 122 Å². The van der Waals surface area contributed by atoms with Crippen LogP contribution in [0.15, 0.2) is 48.5 Å². The quantitative estimate of drug-likeness (QED) is 0.803. The monoisotopic (exact) mass is 290 g/mol. The third-order valence-corrected chi connectivity index (χ3v) is 2.86. The highest BCUT2D eigenvalue weighted by atomic mass is 19.1. The summed E-state index contributed by atoms with van der Waals surface area (Å²) in [7, 11) is 0. The van der Waals surface area contributed by atoms with E-state index in [0.29, 0.717) is 18.5 Å². The average Bonchev–Trinajstić information content (AvgIpc) is 2.44. The molecule has 2 aromatic carbocycles. The Kier molecular flexibility index (Phi) is 5.40. The number of hydrogen-bond donors (Lipinski definition) is 2. The van der Waals surface area contributed by atoms with Crippen molar-refractivity contribution in [3.05, 3.63) is 65.7 Å². The van der Waals surface area contributed by atoms with Crippen molar-refractivity contribution in [3.63, 3.8) is 0 Å². The fourth-order valence-electron chi connectivity index (χ4n) is 1.92. The Morgan fingerprint density at radius 1 is 1.00 bits per heavy atom. The van der Waals surface area contributed by atoms with E-state index in [-0.39, 0.29) is 12.5 Å². The summed E-state index contributed by atoms with van der Waals surface area (Å²) in [5.41, 5.74) is 1.29. The molecule has 21 heavy (non-hydrogen) atoms. The van der Waals surface area contributed by atoms with E-state index in [4.69, 9.17) is 0 Å². The summed E-state index contributed by atoms with van der Waals surface area (Å²) in [4.78, 5) is 11.6. The highest BCUT2D eigenvalue weighted by Crippen LogP contribution is 2.08. The Morgan fingerprint density at radius 2 is 1.67 bits per heavy atom. The minimum atomic E-state index is -0.591. The van der Waals surface area contributed by atoms with Gasteiger partial charge in [-0.2, -0.15) is 0 Å². The molecule has 0 unspecified atom stereocenters. The molecule has 0 spiro atoms. The maximum absolute atomic E-state index is 13.0. The van der Waals surface area contributed by atoms with E-state index in [9.17, 15) is 13.6 Å². The van der Waals surface area contributed by atoms with Crippen molar-refractivity contribution >= 4 is 11.6 Å². The summed E-state index contributed by atoms with van der Waals surface area (Å²) < 4.78 is 26.0. The van der Waals surface area contributed by atoms with E-state index in [2.05, 4.69) is 10.6 Å². The third kappa shape index (κ3) is 5.31. The summed E-state index contributed by atoms with van der Waals surface area (Å²) in [6.07, 6.45) is 0.452. The molecule has 0 saturated carbocycles. The lowest BCUT2D eigenvalue weighted by Gasteiger charge is -2.07. The van der Waals surface area contributed by atoms with Crippen LogP contribution in [0.4, 0.5) is 14.5 Å². The van der Waals surface area contributed by atoms with E-state index < -0.39 is 11.6 Å². The van der Waals surface area contributed by atoms with Crippen LogP contribution in [-0.2, 0) is 11.2 Å². The summed E-state index contributed by atoms with van der Waals surface area (Å²) in [6, 6.07) is 12.5. The number of rotatable bonds is 6. The standard InChI is InChI=1S/C16H16F2N2O/c17-13-8-12(9-14(18)10-13)6-7-19-11-16(21)20-15-4-2-1-3-5-15/h1-5,8-10,19H,6-7,11H2,(H,20,21). The third-order valence-electron chi connectivity index (χ3n) is 2.86. The SMILES string of the molecule is O=C(CNCCc1cc(F)cc(F)c1)Nc1ccccc1. The van der Waals surface area contributed by atoms with Crippen LogP contribution in [0.3, 0.4) is 0 Å². The van der Waals surface area contributed by atoms with Gasteiger partial charge in [0.25, 0.3) is 0 Å². The van der Waals surface area contributed by atoms with Gasteiger partial charge in [-0.15, -0.1) is 0 Å². The molecule has 0 radical (unpaired) electrons. The van der Waals surface area contributed by atoms with Crippen molar-refractivity contribution < 1.29 is 13.6 Å². The zero-order chi connectivity index (χ0) is 15.1. The van der Waals surface area contributed by atoms with Gasteiger partial charge in [-0.3, -0.25) is 4.79 Å². The van der Waals surface area contributed by atoms with E-state index in [0.717, 1.165) is 11.8 Å². The Hall–Kier alpha value is -2.27. The van der Waals surface area contributed by atoms with Crippen LogP contribution in [0.5, 0.6) is 0 Å². The Morgan fingerprint density at radius 3 is 2.33 bits per heavy atom. The lowest BCUT2D eigenvalue weighted by Crippen LogP contribution is -2.29. The largest absolute Gasteiger partial charge is 0.325 e. The van der Waals surface area contributed by atoms with Crippen molar-refractivity contribution in [1.29, 1.82) is 0 Å². The van der Waals surface area contributed by atoms with E-state index in [1.807, 2.05) is 18.2 Å². The zero-order valence-corrected chi connectivity index (χ0v) is 11.4. The number of carbonyl (C=O) groups is 1. The molecule has 0 heterocycles. The van der Waals surface area contributed by atoms with Crippen molar-refractivity contribution in [2.45, 2.75) is 6.42 Å². The summed E-state index contributed by atoms with van der Waals surface area (Å²) in [6.45, 7) is 0.609. The number of anilines is 1. The molecule has 0 saturated heterocycles.